The molecular weight excluding hydrogens is 1640 g/mol. The highest BCUT2D eigenvalue weighted by atomic mass is 19.2. The summed E-state index contributed by atoms with van der Waals surface area (Å²) in [6.45, 7) is 83.4. The van der Waals surface area contributed by atoms with Crippen molar-refractivity contribution < 1.29 is 48.6 Å². The van der Waals surface area contributed by atoms with E-state index in [2.05, 4.69) is 48.5 Å². The van der Waals surface area contributed by atoms with E-state index in [1.807, 2.05) is 0 Å². The summed E-state index contributed by atoms with van der Waals surface area (Å²) in [6.07, 6.45) is 0. The third-order valence-corrected chi connectivity index (χ3v) is 19.2. The Morgan fingerprint density at radius 2 is 0.559 bits per heavy atom. The monoisotopic (exact) mass is 1680 g/mol. The van der Waals surface area contributed by atoms with Gasteiger partial charge in [0.15, 0.2) is 0 Å². The van der Waals surface area contributed by atoms with Crippen LogP contribution in [0.15, 0.2) is 115 Å². The molecule has 0 bridgehead atoms. The van der Waals surface area contributed by atoms with E-state index in [9.17, 15) is 65.0 Å². The van der Waals surface area contributed by atoms with Crippen LogP contribution in [0, 0.1) is 279 Å². The molecule has 0 saturated heterocycles. The number of halogens is 10. The first-order chi connectivity index (χ1) is 60.5. The van der Waals surface area contributed by atoms with E-state index in [4.69, 9.17) is 102 Å². The van der Waals surface area contributed by atoms with Gasteiger partial charge >= 0.3 is 0 Å². The topological polar surface area (TPSA) is 294 Å². The number of anilines is 3. The number of nitriles is 10. The van der Waals surface area contributed by atoms with Crippen LogP contribution in [0.25, 0.3) is 70.7 Å². The minimum absolute atomic E-state index is 0.0413. The summed E-state index contributed by atoms with van der Waals surface area (Å²) < 4.78 is 146. The molecule has 0 saturated carbocycles. The lowest BCUT2D eigenvalue weighted by Gasteiger charge is -2.27. The zero-order valence-electron chi connectivity index (χ0n) is 66.5. The fraction of sp³-hybridized carbons (Fsp3) is 0.0947. The zero-order valence-corrected chi connectivity index (χ0v) is 66.5. The van der Waals surface area contributed by atoms with E-state index in [0.717, 1.165) is 24.3 Å². The van der Waals surface area contributed by atoms with Gasteiger partial charge in [-0.1, -0.05) is 32.0 Å². The first kappa shape index (κ1) is 94.3. The molecule has 604 valence electrons. The second-order valence-corrected chi connectivity index (χ2v) is 26.5. The van der Waals surface area contributed by atoms with Crippen molar-refractivity contribution in [3.8, 4) is 94.4 Å². The van der Waals surface area contributed by atoms with E-state index in [1.54, 1.807) is 105 Å². The summed E-state index contributed by atoms with van der Waals surface area (Å²) in [5.74, 6) is -9.29. The van der Waals surface area contributed by atoms with Gasteiger partial charge in [0.25, 0.3) is 0 Å². The predicted octanol–water partition coefficient (Wildman–Crippen LogP) is 26.8. The molecule has 0 unspecified atom stereocenters. The highest BCUT2D eigenvalue weighted by Gasteiger charge is 2.32. The minimum atomic E-state index is -0.964. The number of ether oxygens (including phenoxy) is 1. The highest BCUT2D eigenvalue weighted by Crippen LogP contribution is 2.48. The molecule has 0 atom stereocenters. The fourth-order valence-electron chi connectivity index (χ4n) is 12.7. The van der Waals surface area contributed by atoms with Gasteiger partial charge < -0.3 is 9.64 Å². The Morgan fingerprint density at radius 3 is 0.882 bits per heavy atom. The third-order valence-electron chi connectivity index (χ3n) is 19.2. The van der Waals surface area contributed by atoms with Crippen molar-refractivity contribution in [1.82, 2.24) is 0 Å². The number of nitrogens with zero attached hydrogens (tertiary/aromatic N) is 21. The molecule has 0 aliphatic carbocycles. The van der Waals surface area contributed by atoms with E-state index in [1.165, 1.54) is 107 Å². The highest BCUT2D eigenvalue weighted by molar-refractivity contribution is 5.89. The van der Waals surface area contributed by atoms with Crippen LogP contribution < -0.4 is 9.64 Å². The summed E-state index contributed by atoms with van der Waals surface area (Å²) in [5.41, 5.74) is -2.41. The van der Waals surface area contributed by atoms with Gasteiger partial charge in [-0.05, 0) is 205 Å². The SMILES string of the molecule is [C-]#[N+]c1c(C)c(-c2c(C)c(C#N)c(F)c([N+]#[C-])c2C)c(C)c(C#N)c1F.[C-]#[N+]c1cc(-c2cc(C#N)c(F)c([N+]#[C-])c2C)c(C)c(C#N)c1F.[C-]#[N+]c1cc(C(C)(C)c2cc(C#N)c(F)c([N+]#[C-])c2)cc(C#N)c1F.[C-]#[N+]c1cc(N(c2ccccc2)c2cc(C#N)c(F)c([N+]#[C-])c2)cc(C#N)c1F.[C-]#[N+]c1cc(Oc2cc(C#N)c(F)c([N+]#[C-])c2)cc(C#N)c1F. The Kier molecular flexibility index (Phi) is 30.1. The van der Waals surface area contributed by atoms with Crippen molar-refractivity contribution in [3.63, 3.8) is 0 Å². The van der Waals surface area contributed by atoms with Crippen molar-refractivity contribution in [2.24, 2.45) is 0 Å². The average molecular weight is 1680 g/mol. The van der Waals surface area contributed by atoms with Crippen LogP contribution in [-0.2, 0) is 5.41 Å². The Bertz CT molecular complexity index is 6810. The molecule has 0 aromatic heterocycles. The molecular formula is C95H43F10N21O. The van der Waals surface area contributed by atoms with Gasteiger partial charge in [-0.2, -0.15) is 52.6 Å². The van der Waals surface area contributed by atoms with Crippen molar-refractivity contribution >= 4 is 73.9 Å². The first-order valence-corrected chi connectivity index (χ1v) is 35.2. The van der Waals surface area contributed by atoms with Crippen LogP contribution in [0.1, 0.15) is 114 Å². The van der Waals surface area contributed by atoms with Gasteiger partial charge in [0.1, 0.15) is 130 Å². The summed E-state index contributed by atoms with van der Waals surface area (Å²) in [7, 11) is 0. The molecule has 11 aromatic rings. The Labute approximate surface area is 719 Å². The molecule has 0 aliphatic heterocycles. The van der Waals surface area contributed by atoms with Crippen LogP contribution in [0.3, 0.4) is 0 Å². The van der Waals surface area contributed by atoms with E-state index >= 15 is 0 Å². The average Bonchev–Trinajstić information content (AvgIpc) is 0.742. The summed E-state index contributed by atoms with van der Waals surface area (Å²) >= 11 is 0. The normalized spacial score (nSPS) is 9.65. The van der Waals surface area contributed by atoms with E-state index < -0.39 is 75.0 Å². The molecule has 0 spiro atoms. The van der Waals surface area contributed by atoms with Crippen LogP contribution >= 0.6 is 0 Å². The molecule has 11 rings (SSSR count). The largest absolute Gasteiger partial charge is 0.460 e. The summed E-state index contributed by atoms with van der Waals surface area (Å²) in [4.78, 5) is 32.4. The van der Waals surface area contributed by atoms with Gasteiger partial charge in [-0.15, -0.1) is 0 Å². The Hall–Kier alpha value is -19.9. The quantitative estimate of drug-likeness (QED) is 0.0962. The maximum atomic E-state index is 14.4. The molecule has 0 heterocycles. The van der Waals surface area contributed by atoms with Crippen molar-refractivity contribution in [1.29, 1.82) is 52.6 Å². The number of rotatable bonds is 9. The van der Waals surface area contributed by atoms with Gasteiger partial charge in [0.2, 0.25) is 56.9 Å². The smallest absolute Gasteiger partial charge is 0.227 e. The van der Waals surface area contributed by atoms with Gasteiger partial charge in [-0.3, -0.25) is 0 Å². The van der Waals surface area contributed by atoms with E-state index in [0.29, 0.717) is 39.1 Å². The third kappa shape index (κ3) is 18.7. The van der Waals surface area contributed by atoms with Gasteiger partial charge in [0, 0.05) is 22.5 Å². The van der Waals surface area contributed by atoms with Crippen LogP contribution in [0.2, 0.25) is 0 Å². The number of hydrogen-bond donors (Lipinski definition) is 0. The summed E-state index contributed by atoms with van der Waals surface area (Å²) in [5, 5.41) is 91.2. The molecule has 32 heteroatoms. The Morgan fingerprint density at radius 1 is 0.276 bits per heavy atom. The zero-order chi connectivity index (χ0) is 94.5. The molecule has 0 amide bonds. The van der Waals surface area contributed by atoms with Crippen molar-refractivity contribution in [3.05, 3.63) is 388 Å². The minimum Gasteiger partial charge on any atom is -0.460 e. The lowest BCUT2D eigenvalue weighted by atomic mass is 9.76. The van der Waals surface area contributed by atoms with Crippen LogP contribution in [0.4, 0.5) is 118 Å². The second-order valence-electron chi connectivity index (χ2n) is 26.5. The number of hydrogen-bond acceptors (Lipinski definition) is 12. The molecule has 22 nitrogen and oxygen atoms in total. The molecule has 0 fully saturated rings. The van der Waals surface area contributed by atoms with Crippen LogP contribution in [-0.4, -0.2) is 0 Å². The van der Waals surface area contributed by atoms with Gasteiger partial charge in [0.05, 0.1) is 121 Å². The lowest BCUT2D eigenvalue weighted by molar-refractivity contribution is 0.479. The fourth-order valence-corrected chi connectivity index (χ4v) is 12.7. The number of benzene rings is 11. The van der Waals surface area contributed by atoms with E-state index in [-0.39, 0.29) is 157 Å². The molecule has 0 aliphatic rings. The standard InChI is InChI=1S/C22H9F2N5.C20H12F2N4.C19H10F2N4.C18H8F2N4.C16H4F2N4O/c1-27-19-10-17(8-14(12-25)21(19)23)29(16-6-4-3-5-7-16)18-9-15(13-26)22(24)20(11-18)28-2;1-9-13(7-23)17(21)19(25-5)11(3)15(9)16-10(2)14(8-24)18(22)20(26-6)12(16)4;1-19(2,13-5-11(9-22)17(20)15(7-13)24-3)14-6-12(10-23)18(21)16(8-14)25-4;1-9-13(6-15(23-3)17(20)14(9)8-22)12-5-11(7-21)16(19)18(24-4)10(12)2;1-21-13-5-11(3-9(7-19)15(13)17)23-12-4-10(8-20)16(18)14(6-12)22-2/h3-11H;1-4H3;5-8H,1-2H3;5-6H,1-2H3;3-6H. The molecule has 11 aromatic carbocycles. The summed E-state index contributed by atoms with van der Waals surface area (Å²) in [6, 6.07) is 42.6. The number of para-hydroxylation sites is 1. The molecule has 127 heavy (non-hydrogen) atoms. The van der Waals surface area contributed by atoms with Crippen molar-refractivity contribution in [2.75, 3.05) is 4.90 Å². The van der Waals surface area contributed by atoms with Crippen molar-refractivity contribution in [2.45, 2.75) is 60.8 Å². The lowest BCUT2D eigenvalue weighted by Crippen LogP contribution is -2.20. The molecule has 0 radical (unpaired) electrons. The first-order valence-electron chi connectivity index (χ1n) is 35.2. The Balaban J connectivity index is 0.000000218. The van der Waals surface area contributed by atoms with Gasteiger partial charge in [-0.25, -0.2) is 92.4 Å². The van der Waals surface area contributed by atoms with Crippen LogP contribution in [0.5, 0.6) is 11.5 Å². The maximum absolute atomic E-state index is 14.4. The maximum Gasteiger partial charge on any atom is 0.227 e. The second kappa shape index (κ2) is 40.5. The molecule has 0 N–H and O–H groups in total. The predicted molar refractivity (Wildman–Crippen MR) is 441 cm³/mol.